The molecule has 0 aromatic carbocycles. The Bertz CT molecular complexity index is 400. The van der Waals surface area contributed by atoms with Crippen molar-refractivity contribution in [3.05, 3.63) is 0 Å². The summed E-state index contributed by atoms with van der Waals surface area (Å²) in [5.41, 5.74) is 0. The number of piperazine rings is 1. The average molecular weight is 312 g/mol. The minimum Gasteiger partial charge on any atom is -0.343 e. The maximum Gasteiger partial charge on any atom is 0.246 e. The zero-order valence-corrected chi connectivity index (χ0v) is 14.4. The number of carbonyl (C=O) groups is 2. The number of amides is 2. The van der Waals surface area contributed by atoms with E-state index in [1.54, 1.807) is 0 Å². The Kier molecular flexibility index (Phi) is 5.58. The van der Waals surface area contributed by atoms with Crippen LogP contribution in [0.2, 0.25) is 0 Å². The third kappa shape index (κ3) is 3.22. The highest BCUT2D eigenvalue weighted by atomic mass is 32.2. The van der Waals surface area contributed by atoms with Crippen LogP contribution in [0.25, 0.3) is 0 Å². The van der Waals surface area contributed by atoms with Crippen molar-refractivity contribution in [2.24, 2.45) is 5.92 Å². The van der Waals surface area contributed by atoms with Crippen LogP contribution in [0.3, 0.4) is 0 Å². The molecule has 5 heteroatoms. The van der Waals surface area contributed by atoms with Gasteiger partial charge in [-0.2, -0.15) is 11.8 Å². The minimum absolute atomic E-state index is 0.0295. The molecule has 1 saturated carbocycles. The second-order valence-electron chi connectivity index (χ2n) is 6.53. The molecular weight excluding hydrogens is 284 g/mol. The first-order valence-electron chi connectivity index (χ1n) is 8.16. The van der Waals surface area contributed by atoms with Crippen LogP contribution >= 0.6 is 11.8 Å². The third-order valence-electron chi connectivity index (χ3n) is 4.80. The highest BCUT2D eigenvalue weighted by molar-refractivity contribution is 7.99. The Morgan fingerprint density at radius 2 is 1.95 bits per heavy atom. The monoisotopic (exact) mass is 312 g/mol. The molecule has 0 radical (unpaired) electrons. The van der Waals surface area contributed by atoms with Crippen molar-refractivity contribution in [3.63, 3.8) is 0 Å². The first-order valence-corrected chi connectivity index (χ1v) is 9.45. The lowest BCUT2D eigenvalue weighted by Gasteiger charge is -2.48. The van der Waals surface area contributed by atoms with Crippen LogP contribution in [-0.4, -0.2) is 46.3 Å². The van der Waals surface area contributed by atoms with Gasteiger partial charge in [0.2, 0.25) is 11.8 Å². The molecule has 120 valence electrons. The van der Waals surface area contributed by atoms with Crippen molar-refractivity contribution >= 4 is 23.6 Å². The molecule has 1 heterocycles. The van der Waals surface area contributed by atoms with E-state index in [1.807, 2.05) is 37.4 Å². The fourth-order valence-electron chi connectivity index (χ4n) is 3.70. The summed E-state index contributed by atoms with van der Waals surface area (Å²) in [7, 11) is 0. The number of nitrogens with one attached hydrogen (secondary N) is 1. The van der Waals surface area contributed by atoms with E-state index in [2.05, 4.69) is 11.6 Å². The molecule has 4 atom stereocenters. The predicted octanol–water partition coefficient (Wildman–Crippen LogP) is 2.42. The van der Waals surface area contributed by atoms with E-state index in [1.165, 1.54) is 6.42 Å². The van der Waals surface area contributed by atoms with Crippen LogP contribution in [0.5, 0.6) is 0 Å². The van der Waals surface area contributed by atoms with E-state index in [0.29, 0.717) is 11.7 Å². The van der Waals surface area contributed by atoms with Crippen LogP contribution in [-0.2, 0) is 9.59 Å². The normalized spacial score (nSPS) is 34.2. The van der Waals surface area contributed by atoms with Gasteiger partial charge in [0, 0.05) is 11.3 Å². The topological polar surface area (TPSA) is 49.4 Å². The van der Waals surface area contributed by atoms with Gasteiger partial charge in [-0.3, -0.25) is 9.59 Å². The second-order valence-corrected chi connectivity index (χ2v) is 7.61. The summed E-state index contributed by atoms with van der Waals surface area (Å²) in [5, 5.41) is 3.38. The summed E-state index contributed by atoms with van der Waals surface area (Å²) in [6, 6.07) is -0.427. The molecule has 2 amide bonds. The molecule has 4 nitrogen and oxygen atoms in total. The molecule has 4 unspecified atom stereocenters. The zero-order valence-electron chi connectivity index (χ0n) is 13.6. The summed E-state index contributed by atoms with van der Waals surface area (Å²) in [6.07, 6.45) is 7.37. The standard InChI is InChI=1S/C16H28N2O2S/c1-5-11-16(20)18(14(10(2)3)15(19)17-11)12-8-6-7-9-13(12)21-4/h10-14H,5-9H2,1-4H3,(H,17,19). The molecular formula is C16H28N2O2S. The SMILES string of the molecule is CCC1NC(=O)C(C(C)C)N(C2CCCCC2SC)C1=O. The largest absolute Gasteiger partial charge is 0.343 e. The van der Waals surface area contributed by atoms with Gasteiger partial charge >= 0.3 is 0 Å². The van der Waals surface area contributed by atoms with Gasteiger partial charge in [0.15, 0.2) is 0 Å². The lowest BCUT2D eigenvalue weighted by molar-refractivity contribution is -0.154. The van der Waals surface area contributed by atoms with Crippen molar-refractivity contribution in [3.8, 4) is 0 Å². The summed E-state index contributed by atoms with van der Waals surface area (Å²) < 4.78 is 0. The molecule has 0 aromatic heterocycles. The number of carbonyl (C=O) groups excluding carboxylic acids is 2. The first kappa shape index (κ1) is 16.7. The molecule has 1 aliphatic carbocycles. The molecule has 2 fully saturated rings. The minimum atomic E-state index is -0.336. The smallest absolute Gasteiger partial charge is 0.246 e. The number of hydrogen-bond acceptors (Lipinski definition) is 3. The highest BCUT2D eigenvalue weighted by Gasteiger charge is 2.46. The number of hydrogen-bond donors (Lipinski definition) is 1. The maximum absolute atomic E-state index is 12.9. The van der Waals surface area contributed by atoms with Crippen molar-refractivity contribution in [1.82, 2.24) is 10.2 Å². The molecule has 1 N–H and O–H groups in total. The molecule has 0 aromatic rings. The van der Waals surface area contributed by atoms with Crippen LogP contribution in [0.4, 0.5) is 0 Å². The van der Waals surface area contributed by atoms with Crippen LogP contribution < -0.4 is 5.32 Å². The molecule has 0 bridgehead atoms. The quantitative estimate of drug-likeness (QED) is 0.867. The third-order valence-corrected chi connectivity index (χ3v) is 5.96. The van der Waals surface area contributed by atoms with Gasteiger partial charge in [-0.1, -0.05) is 33.6 Å². The van der Waals surface area contributed by atoms with E-state index < -0.39 is 0 Å². The average Bonchev–Trinajstić information content (AvgIpc) is 2.48. The molecule has 2 rings (SSSR count). The van der Waals surface area contributed by atoms with Crippen LogP contribution in [0.15, 0.2) is 0 Å². The Morgan fingerprint density at radius 3 is 2.52 bits per heavy atom. The first-order chi connectivity index (χ1) is 10.0. The number of nitrogens with zero attached hydrogens (tertiary/aromatic N) is 1. The van der Waals surface area contributed by atoms with Crippen molar-refractivity contribution in [2.75, 3.05) is 6.26 Å². The van der Waals surface area contributed by atoms with Crippen molar-refractivity contribution < 1.29 is 9.59 Å². The van der Waals surface area contributed by atoms with Crippen molar-refractivity contribution in [2.45, 2.75) is 76.3 Å². The molecule has 1 saturated heterocycles. The summed E-state index contributed by atoms with van der Waals surface area (Å²) in [4.78, 5) is 27.3. The molecule has 21 heavy (non-hydrogen) atoms. The number of rotatable bonds is 4. The van der Waals surface area contributed by atoms with Gasteiger partial charge < -0.3 is 10.2 Å². The van der Waals surface area contributed by atoms with Gasteiger partial charge in [-0.05, 0) is 31.4 Å². The maximum atomic E-state index is 12.9. The fraction of sp³-hybridized carbons (Fsp3) is 0.875. The Hall–Kier alpha value is -0.710. The van der Waals surface area contributed by atoms with E-state index in [4.69, 9.17) is 0 Å². The summed E-state index contributed by atoms with van der Waals surface area (Å²) in [5.74, 6) is 0.305. The van der Waals surface area contributed by atoms with E-state index in [0.717, 1.165) is 19.3 Å². The van der Waals surface area contributed by atoms with E-state index in [-0.39, 0.29) is 35.9 Å². The van der Waals surface area contributed by atoms with Crippen molar-refractivity contribution in [1.29, 1.82) is 0 Å². The summed E-state index contributed by atoms with van der Waals surface area (Å²) in [6.45, 7) is 6.03. The fourth-order valence-corrected chi connectivity index (χ4v) is 4.69. The van der Waals surface area contributed by atoms with Gasteiger partial charge in [-0.25, -0.2) is 0 Å². The van der Waals surface area contributed by atoms with Gasteiger partial charge in [0.05, 0.1) is 0 Å². The molecule has 0 spiro atoms. The lowest BCUT2D eigenvalue weighted by Crippen LogP contribution is -2.68. The molecule has 1 aliphatic heterocycles. The zero-order chi connectivity index (χ0) is 15.6. The van der Waals surface area contributed by atoms with Crippen LogP contribution in [0.1, 0.15) is 52.9 Å². The molecule has 2 aliphatic rings. The summed E-state index contributed by atoms with van der Waals surface area (Å²) >= 11 is 1.85. The second kappa shape index (κ2) is 7.03. The highest BCUT2D eigenvalue weighted by Crippen LogP contribution is 2.34. The van der Waals surface area contributed by atoms with Gasteiger partial charge in [-0.15, -0.1) is 0 Å². The van der Waals surface area contributed by atoms with E-state index in [9.17, 15) is 9.59 Å². The van der Waals surface area contributed by atoms with Gasteiger partial charge in [0.25, 0.3) is 0 Å². The van der Waals surface area contributed by atoms with Crippen LogP contribution in [0, 0.1) is 5.92 Å². The predicted molar refractivity (Wildman–Crippen MR) is 87.3 cm³/mol. The number of thioether (sulfide) groups is 1. The Labute approximate surface area is 132 Å². The lowest BCUT2D eigenvalue weighted by atomic mass is 9.88. The Balaban J connectivity index is 2.32. The Morgan fingerprint density at radius 1 is 1.29 bits per heavy atom. The van der Waals surface area contributed by atoms with E-state index >= 15 is 0 Å². The van der Waals surface area contributed by atoms with Gasteiger partial charge in [0.1, 0.15) is 12.1 Å².